The average Bonchev–Trinajstić information content (AvgIpc) is 2.10. The molecule has 1 rings (SSSR count). The van der Waals surface area contributed by atoms with E-state index >= 15 is 0 Å². The number of amides is 1. The number of hydrogen-bond donors (Lipinski definition) is 4. The third-order valence-corrected chi connectivity index (χ3v) is 1.85. The fourth-order valence-electron chi connectivity index (χ4n) is 1.12. The summed E-state index contributed by atoms with van der Waals surface area (Å²) in [6.45, 7) is 0.527. The molecule has 1 aromatic rings. The van der Waals surface area contributed by atoms with E-state index in [1.165, 1.54) is 6.07 Å². The maximum absolute atomic E-state index is 10.7. The molecule has 0 radical (unpaired) electrons. The number of hydrogen-bond acceptors (Lipinski definition) is 3. The summed E-state index contributed by atoms with van der Waals surface area (Å²) < 4.78 is 0. The Morgan fingerprint density at radius 1 is 1.57 bits per heavy atom. The number of phenols is 1. The fraction of sp³-hybridized carbons (Fsp3) is 0.222. The third-order valence-electron chi connectivity index (χ3n) is 1.74. The molecule has 0 aliphatic carbocycles. The molecule has 0 bridgehead atoms. The van der Waals surface area contributed by atoms with Crippen molar-refractivity contribution in [1.29, 1.82) is 0 Å². The van der Waals surface area contributed by atoms with Crippen molar-refractivity contribution in [2.24, 2.45) is 5.73 Å². The second-order valence-electron chi connectivity index (χ2n) is 2.82. The largest absolute Gasteiger partial charge is 0.506 e. The first-order valence-electron chi connectivity index (χ1n) is 4.15. The lowest BCUT2D eigenvalue weighted by Gasteiger charge is -2.06. The zero-order valence-corrected chi connectivity index (χ0v) is 8.42. The quantitative estimate of drug-likeness (QED) is 0.451. The SMILES string of the molecule is NCCc1ccc(O)c(NC(=O)S)c1. The van der Waals surface area contributed by atoms with Crippen molar-refractivity contribution < 1.29 is 9.90 Å². The molecular weight excluding hydrogens is 200 g/mol. The molecule has 0 atom stereocenters. The lowest BCUT2D eigenvalue weighted by Crippen LogP contribution is -2.05. The lowest BCUT2D eigenvalue weighted by atomic mass is 10.1. The number of nitrogens with one attached hydrogen (secondary N) is 1. The summed E-state index contributed by atoms with van der Waals surface area (Å²) >= 11 is 3.56. The van der Waals surface area contributed by atoms with Gasteiger partial charge >= 0.3 is 0 Å². The number of aromatic hydroxyl groups is 1. The molecule has 0 fully saturated rings. The van der Waals surface area contributed by atoms with Crippen molar-refractivity contribution in [3.63, 3.8) is 0 Å². The number of rotatable bonds is 3. The number of benzene rings is 1. The van der Waals surface area contributed by atoms with Gasteiger partial charge in [-0.3, -0.25) is 4.79 Å². The first-order chi connectivity index (χ1) is 6.63. The Morgan fingerprint density at radius 2 is 2.29 bits per heavy atom. The van der Waals surface area contributed by atoms with Gasteiger partial charge < -0.3 is 16.2 Å². The topological polar surface area (TPSA) is 75.3 Å². The minimum absolute atomic E-state index is 0.0215. The van der Waals surface area contributed by atoms with Gasteiger partial charge in [0.2, 0.25) is 0 Å². The Morgan fingerprint density at radius 3 is 2.86 bits per heavy atom. The number of carbonyl (C=O) groups excluding carboxylic acids is 1. The average molecular weight is 212 g/mol. The molecule has 1 amide bonds. The number of phenolic OH excluding ortho intramolecular Hbond substituents is 1. The predicted molar refractivity (Wildman–Crippen MR) is 58.9 cm³/mol. The highest BCUT2D eigenvalue weighted by atomic mass is 32.1. The van der Waals surface area contributed by atoms with Crippen molar-refractivity contribution in [2.45, 2.75) is 6.42 Å². The second-order valence-corrected chi connectivity index (χ2v) is 3.23. The van der Waals surface area contributed by atoms with Crippen LogP contribution in [-0.4, -0.2) is 16.9 Å². The van der Waals surface area contributed by atoms with Gasteiger partial charge in [0.1, 0.15) is 5.75 Å². The van der Waals surface area contributed by atoms with Crippen LogP contribution >= 0.6 is 12.6 Å². The molecule has 0 aromatic heterocycles. The maximum atomic E-state index is 10.7. The van der Waals surface area contributed by atoms with Gasteiger partial charge in [-0.2, -0.15) is 0 Å². The smallest absolute Gasteiger partial charge is 0.280 e. The van der Waals surface area contributed by atoms with E-state index in [9.17, 15) is 9.90 Å². The summed E-state index contributed by atoms with van der Waals surface area (Å²) in [5.74, 6) is 0.0215. The monoisotopic (exact) mass is 212 g/mol. The van der Waals surface area contributed by atoms with Gasteiger partial charge in [0.15, 0.2) is 0 Å². The maximum Gasteiger partial charge on any atom is 0.280 e. The number of nitrogens with two attached hydrogens (primary N) is 1. The van der Waals surface area contributed by atoms with Gasteiger partial charge in [0, 0.05) is 0 Å². The van der Waals surface area contributed by atoms with E-state index in [1.807, 2.05) is 0 Å². The molecule has 0 aliphatic heterocycles. The van der Waals surface area contributed by atoms with E-state index in [4.69, 9.17) is 5.73 Å². The van der Waals surface area contributed by atoms with Gasteiger partial charge in [-0.15, -0.1) is 0 Å². The van der Waals surface area contributed by atoms with Crippen LogP contribution in [0.4, 0.5) is 10.5 Å². The van der Waals surface area contributed by atoms with Crippen LogP contribution in [0.3, 0.4) is 0 Å². The van der Waals surface area contributed by atoms with E-state index in [-0.39, 0.29) is 5.75 Å². The summed E-state index contributed by atoms with van der Waals surface area (Å²) in [6.07, 6.45) is 0.704. The third kappa shape index (κ3) is 2.93. The van der Waals surface area contributed by atoms with Crippen molar-refractivity contribution in [1.82, 2.24) is 0 Å². The molecule has 5 heteroatoms. The molecule has 0 spiro atoms. The normalized spacial score (nSPS) is 9.86. The van der Waals surface area contributed by atoms with E-state index in [1.54, 1.807) is 12.1 Å². The van der Waals surface area contributed by atoms with Crippen molar-refractivity contribution >= 4 is 23.6 Å². The van der Waals surface area contributed by atoms with Gasteiger partial charge in [0.05, 0.1) is 5.69 Å². The summed E-state index contributed by atoms with van der Waals surface area (Å²) in [4.78, 5) is 10.7. The fourth-order valence-corrected chi connectivity index (χ4v) is 1.24. The number of thiol groups is 1. The predicted octanol–water partition coefficient (Wildman–Crippen LogP) is 1.36. The standard InChI is InChI=1S/C9H12N2O2S/c10-4-3-6-1-2-8(12)7(5-6)11-9(13)14/h1-2,5,12H,3-4,10H2,(H2,11,13,14). The minimum Gasteiger partial charge on any atom is -0.506 e. The first-order valence-corrected chi connectivity index (χ1v) is 4.60. The Bertz CT molecular complexity index is 342. The van der Waals surface area contributed by atoms with Crippen LogP contribution in [0.2, 0.25) is 0 Å². The van der Waals surface area contributed by atoms with Gasteiger partial charge in [-0.1, -0.05) is 18.7 Å². The molecular formula is C9H12N2O2S. The highest BCUT2D eigenvalue weighted by molar-refractivity contribution is 7.96. The van der Waals surface area contributed by atoms with Gasteiger partial charge in [-0.05, 0) is 30.7 Å². The van der Waals surface area contributed by atoms with Crippen molar-refractivity contribution in [3.05, 3.63) is 23.8 Å². The Hall–Kier alpha value is -1.20. The molecule has 0 saturated heterocycles. The number of anilines is 1. The summed E-state index contributed by atoms with van der Waals surface area (Å²) in [7, 11) is 0. The Labute approximate surface area is 87.5 Å². The molecule has 1 aromatic carbocycles. The van der Waals surface area contributed by atoms with Crippen LogP contribution in [0.5, 0.6) is 5.75 Å². The van der Waals surface area contributed by atoms with Crippen LogP contribution in [0.15, 0.2) is 18.2 Å². The van der Waals surface area contributed by atoms with E-state index in [0.29, 0.717) is 18.7 Å². The lowest BCUT2D eigenvalue weighted by molar-refractivity contribution is 0.270. The molecule has 4 nitrogen and oxygen atoms in total. The Kier molecular flexibility index (Phi) is 3.79. The molecule has 76 valence electrons. The van der Waals surface area contributed by atoms with Crippen LogP contribution < -0.4 is 11.1 Å². The summed E-state index contributed by atoms with van der Waals surface area (Å²) in [5, 5.41) is 11.3. The van der Waals surface area contributed by atoms with Crippen LogP contribution in [0.1, 0.15) is 5.56 Å². The number of carbonyl (C=O) groups is 1. The van der Waals surface area contributed by atoms with Crippen molar-refractivity contribution in [2.75, 3.05) is 11.9 Å². The second kappa shape index (κ2) is 4.88. The highest BCUT2D eigenvalue weighted by Crippen LogP contribution is 2.24. The minimum atomic E-state index is -0.509. The van der Waals surface area contributed by atoms with Crippen molar-refractivity contribution in [3.8, 4) is 5.75 Å². The molecule has 0 heterocycles. The molecule has 14 heavy (non-hydrogen) atoms. The molecule has 0 unspecified atom stereocenters. The highest BCUT2D eigenvalue weighted by Gasteiger charge is 2.03. The molecule has 0 aliphatic rings. The Balaban J connectivity index is 2.90. The molecule has 4 N–H and O–H groups in total. The van der Waals surface area contributed by atoms with E-state index in [2.05, 4.69) is 17.9 Å². The summed E-state index contributed by atoms with van der Waals surface area (Å²) in [5.41, 5.74) is 6.70. The zero-order chi connectivity index (χ0) is 10.6. The van der Waals surface area contributed by atoms with Gasteiger partial charge in [0.25, 0.3) is 5.24 Å². The van der Waals surface area contributed by atoms with E-state index in [0.717, 1.165) is 5.56 Å². The van der Waals surface area contributed by atoms with Crippen LogP contribution in [-0.2, 0) is 6.42 Å². The zero-order valence-electron chi connectivity index (χ0n) is 7.53. The van der Waals surface area contributed by atoms with E-state index < -0.39 is 5.24 Å². The van der Waals surface area contributed by atoms with Crippen LogP contribution in [0, 0.1) is 0 Å². The first kappa shape index (κ1) is 10.9. The molecule has 0 saturated carbocycles. The summed E-state index contributed by atoms with van der Waals surface area (Å²) in [6, 6.07) is 4.96. The van der Waals surface area contributed by atoms with Gasteiger partial charge in [-0.25, -0.2) is 0 Å². The van der Waals surface area contributed by atoms with Crippen LogP contribution in [0.25, 0.3) is 0 Å².